The summed E-state index contributed by atoms with van der Waals surface area (Å²) in [4.78, 5) is 86.9. The predicted molar refractivity (Wildman–Crippen MR) is 272 cm³/mol. The molecule has 6 amide bonds. The van der Waals surface area contributed by atoms with E-state index in [2.05, 4.69) is 26.3 Å². The van der Waals surface area contributed by atoms with E-state index in [1.165, 1.54) is 14.0 Å². The molecule has 0 bridgehead atoms. The first-order valence-corrected chi connectivity index (χ1v) is 26.0. The Morgan fingerprint density at radius 3 is 1.39 bits per heavy atom. The standard InChI is InChI=1S/C48H62F6IN9O10/c1-45(2,3)73-43(69)63-17-13-29(24-63)71-39-32(59-37(65)11-7-9-15-56)19-27(47(49,50)51)21-34(39)61-41(67)31-23-36(58-26-55-31)42(68)62-35-22-28(48(52,53)54)20-33(60-38(66)12-8-10-16-57)40(35)72-30-14-18-64(25-30)44(70)74-46(4,5)6/h19-23,26,29-30H,7-18,24-25,56-57H2,1-6H3,(H,59,65)(H,60,66)(H,61,67)(H,62,68)/t29-,30-/m1/s1. The van der Waals surface area contributed by atoms with Gasteiger partial charge in [-0.1, -0.05) is 20.7 Å². The molecule has 2 aromatic rings. The summed E-state index contributed by atoms with van der Waals surface area (Å²) in [6.07, 6.45) is -10.4. The number of ether oxygens (including phenoxy) is 4. The average molecular weight is 1170 g/mol. The second kappa shape index (κ2) is 25.0. The number of likely N-dealkylation sites (tertiary alicyclic amines) is 2. The van der Waals surface area contributed by atoms with Crippen LogP contribution < -0.4 is 42.2 Å². The van der Waals surface area contributed by atoms with Crippen LogP contribution in [0.25, 0.3) is 0 Å². The number of nitrogens with two attached hydrogens (primary N) is 2. The maximum Gasteiger partial charge on any atom is 0.416 e. The van der Waals surface area contributed by atoms with E-state index in [9.17, 15) is 55.1 Å². The van der Waals surface area contributed by atoms with Crippen LogP contribution in [0, 0.1) is 0 Å². The highest BCUT2D eigenvalue weighted by molar-refractivity contribution is 14.2. The van der Waals surface area contributed by atoms with Gasteiger partial charge < -0.3 is 61.5 Å². The fourth-order valence-electron chi connectivity index (χ4n) is 7.39. The number of alkyl halides is 6. The number of unbranched alkanes of at least 4 members (excludes halogenated alkanes) is 2. The number of halogens is 7. The van der Waals surface area contributed by atoms with Crippen LogP contribution in [-0.2, 0) is 41.0 Å². The van der Waals surface area contributed by atoms with Gasteiger partial charge in [-0.25, -0.2) is 14.6 Å². The van der Waals surface area contributed by atoms with Crippen molar-refractivity contribution in [2.24, 2.45) is 16.5 Å². The number of nitrogens with one attached hydrogen (secondary N) is 4. The number of benzene rings is 2. The Bertz CT molecular complexity index is 2370. The second-order valence-corrected chi connectivity index (χ2v) is 21.8. The predicted octanol–water partition coefficient (Wildman–Crippen LogP) is 8.28. The zero-order chi connectivity index (χ0) is 54.8. The molecule has 0 aliphatic carbocycles. The number of carbonyl (C=O) groups excluding carboxylic acids is 6. The molecule has 0 spiro atoms. The van der Waals surface area contributed by atoms with E-state index in [1.807, 2.05) is 0 Å². The summed E-state index contributed by atoms with van der Waals surface area (Å²) in [5.74, 6) is -4.29. The van der Waals surface area contributed by atoms with Gasteiger partial charge >= 0.3 is 24.5 Å². The third kappa shape index (κ3) is 17.5. The molecule has 3 aliphatic rings. The minimum atomic E-state index is -5.02. The Balaban J connectivity index is 1.48. The molecule has 5 rings (SSSR count). The molecule has 2 aromatic carbocycles. The molecule has 0 aromatic heterocycles. The minimum Gasteiger partial charge on any atom is -0.484 e. The van der Waals surface area contributed by atoms with Gasteiger partial charge in [0.05, 0.1) is 54.7 Å². The summed E-state index contributed by atoms with van der Waals surface area (Å²) >= 11 is -1.51. The third-order valence-electron chi connectivity index (χ3n) is 10.8. The van der Waals surface area contributed by atoms with E-state index in [-0.39, 0.29) is 80.0 Å². The lowest BCUT2D eigenvalue weighted by Crippen LogP contribution is -2.36. The Hall–Kier alpha value is -6.03. The average Bonchev–Trinajstić information content (AvgIpc) is 3.97. The van der Waals surface area contributed by atoms with Gasteiger partial charge in [-0.2, -0.15) is 26.3 Å². The fourth-order valence-corrected chi connectivity index (χ4v) is 9.02. The lowest BCUT2D eigenvalue weighted by Gasteiger charge is -2.25. The molecule has 3 aliphatic heterocycles. The molecule has 8 N–H and O–H groups in total. The first kappa shape index (κ1) is 58.9. The number of hydrogen-bond donors (Lipinski definition) is 6. The Morgan fingerprint density at radius 1 is 0.622 bits per heavy atom. The molecule has 408 valence electrons. The number of carbonyl (C=O) groups is 6. The first-order valence-electron chi connectivity index (χ1n) is 23.7. The van der Waals surface area contributed by atoms with Crippen molar-refractivity contribution in [2.75, 3.05) is 60.5 Å². The summed E-state index contributed by atoms with van der Waals surface area (Å²) in [6, 6.07) is 2.47. The molecule has 0 unspecified atom stereocenters. The minimum absolute atomic E-state index is 0.0692. The maximum atomic E-state index is 14.5. The number of rotatable bonds is 18. The summed E-state index contributed by atoms with van der Waals surface area (Å²) < 4.78 is 111. The summed E-state index contributed by atoms with van der Waals surface area (Å²) in [5, 5.41) is 9.71. The van der Waals surface area contributed by atoms with Gasteiger partial charge in [0, 0.05) is 38.8 Å². The van der Waals surface area contributed by atoms with Crippen molar-refractivity contribution in [2.45, 2.75) is 129 Å². The highest BCUT2D eigenvalue weighted by Gasteiger charge is 2.38. The first-order chi connectivity index (χ1) is 34.5. The number of nitrogens with zero attached hydrogens (tertiary/aromatic N) is 3. The SMILES string of the molecule is CC(C)(C)OC(=O)N1CC[C@@H](Oc2c(NC(=O)CCCCN)cc(C(F)(F)F)cc2NC(=O)C2=CC(C(=O)Nc3cc(C(F)(F)F)cc(NC(=O)CCCCN)c3O[C@@H]3CCN(C(=O)OC(C)(C)C)C3)=IC=N2)C1. The highest BCUT2D eigenvalue weighted by atomic mass is 127. The molecule has 19 nitrogen and oxygen atoms in total. The summed E-state index contributed by atoms with van der Waals surface area (Å²) in [5.41, 5.74) is 4.36. The molecule has 74 heavy (non-hydrogen) atoms. The van der Waals surface area contributed by atoms with E-state index in [0.29, 0.717) is 49.9 Å². The molecule has 26 heteroatoms. The van der Waals surface area contributed by atoms with E-state index >= 15 is 0 Å². The van der Waals surface area contributed by atoms with E-state index < -0.39 is 132 Å². The molecule has 2 fully saturated rings. The largest absolute Gasteiger partial charge is 0.484 e. The van der Waals surface area contributed by atoms with Gasteiger partial charge in [0.15, 0.2) is 11.5 Å². The van der Waals surface area contributed by atoms with Crippen molar-refractivity contribution in [3.05, 3.63) is 47.2 Å². The van der Waals surface area contributed by atoms with Crippen molar-refractivity contribution in [3.8, 4) is 11.5 Å². The molecular formula is C48H62F6IN9O10. The molecule has 0 saturated carbocycles. The van der Waals surface area contributed by atoms with E-state index in [0.717, 1.165) is 6.08 Å². The molecule has 2 saturated heterocycles. The number of aliphatic imine (C=N–C) groups is 1. The van der Waals surface area contributed by atoms with Gasteiger partial charge in [0.25, 0.3) is 11.8 Å². The van der Waals surface area contributed by atoms with Crippen LogP contribution in [-0.4, -0.2) is 116 Å². The van der Waals surface area contributed by atoms with Crippen LogP contribution in [0.15, 0.2) is 41.0 Å². The topological polar surface area (TPSA) is 258 Å². The molecular weight excluding hydrogens is 1100 g/mol. The van der Waals surface area contributed by atoms with Crippen LogP contribution in [0.5, 0.6) is 11.5 Å². The third-order valence-corrected chi connectivity index (χ3v) is 12.9. The van der Waals surface area contributed by atoms with E-state index in [4.69, 9.17) is 30.4 Å². The number of amides is 6. The smallest absolute Gasteiger partial charge is 0.416 e. The van der Waals surface area contributed by atoms with E-state index in [1.54, 1.807) is 41.5 Å². The maximum absolute atomic E-state index is 14.5. The van der Waals surface area contributed by atoms with Crippen LogP contribution in [0.1, 0.15) is 104 Å². The molecule has 3 heterocycles. The summed E-state index contributed by atoms with van der Waals surface area (Å²) in [6.45, 7) is 10.7. The van der Waals surface area contributed by atoms with Crippen LogP contribution >= 0.6 is 20.7 Å². The number of hydrogen-bond acceptors (Lipinski definition) is 13. The molecule has 2 atom stereocenters. The highest BCUT2D eigenvalue weighted by Crippen LogP contribution is 2.44. The van der Waals surface area contributed by atoms with Gasteiger partial charge in [-0.3, -0.25) is 19.2 Å². The van der Waals surface area contributed by atoms with Crippen LogP contribution in [0.2, 0.25) is 0 Å². The van der Waals surface area contributed by atoms with Crippen molar-refractivity contribution in [1.29, 1.82) is 0 Å². The Labute approximate surface area is 433 Å². The normalized spacial score (nSPS) is 17.1. The number of anilines is 4. The monoisotopic (exact) mass is 1170 g/mol. The lowest BCUT2D eigenvalue weighted by molar-refractivity contribution is -0.138. The van der Waals surface area contributed by atoms with Crippen molar-refractivity contribution >= 4 is 87.0 Å². The zero-order valence-corrected chi connectivity index (χ0v) is 43.9. The zero-order valence-electron chi connectivity index (χ0n) is 41.7. The summed E-state index contributed by atoms with van der Waals surface area (Å²) in [7, 11) is 0. The van der Waals surface area contributed by atoms with Crippen LogP contribution in [0.3, 0.4) is 0 Å². The van der Waals surface area contributed by atoms with Crippen molar-refractivity contribution in [1.82, 2.24) is 9.80 Å². The fraction of sp³-hybridized carbons (Fsp3) is 0.542. The van der Waals surface area contributed by atoms with Crippen molar-refractivity contribution in [3.63, 3.8) is 0 Å². The van der Waals surface area contributed by atoms with Gasteiger partial charge in [0.1, 0.15) is 29.1 Å². The second-order valence-electron chi connectivity index (χ2n) is 19.4. The van der Waals surface area contributed by atoms with Gasteiger partial charge in [0.2, 0.25) is 11.8 Å². The van der Waals surface area contributed by atoms with Crippen molar-refractivity contribution < 1.29 is 74.1 Å². The van der Waals surface area contributed by atoms with Crippen LogP contribution in [0.4, 0.5) is 58.7 Å². The Kier molecular flexibility index (Phi) is 19.9. The van der Waals surface area contributed by atoms with Gasteiger partial charge in [-0.15, -0.1) is 0 Å². The lowest BCUT2D eigenvalue weighted by atomic mass is 10.1. The van der Waals surface area contributed by atoms with Gasteiger partial charge in [-0.05, 0) is 111 Å². The molecule has 0 radical (unpaired) electrons. The quantitative estimate of drug-likeness (QED) is 0.0468. The Morgan fingerprint density at radius 2 is 1.01 bits per heavy atom.